The quantitative estimate of drug-likeness (QED) is 0.458. The zero-order valence-electron chi connectivity index (χ0n) is 18.2. The summed E-state index contributed by atoms with van der Waals surface area (Å²) in [5.41, 5.74) is -0.546. The average molecular weight is 465 g/mol. The van der Waals surface area contributed by atoms with Crippen LogP contribution in [0.15, 0.2) is 0 Å². The van der Waals surface area contributed by atoms with Crippen molar-refractivity contribution >= 4 is 21.7 Å². The van der Waals surface area contributed by atoms with E-state index in [0.717, 1.165) is 25.2 Å². The maximum absolute atomic E-state index is 12.3. The normalized spacial score (nSPS) is 51.2. The fraction of sp³-hybridized carbons (Fsp3) is 0.880. The average Bonchev–Trinajstić information content (AvgIpc) is 3.01. The Bertz CT molecular complexity index is 725. The Morgan fingerprint density at radius 3 is 2.48 bits per heavy atom. The van der Waals surface area contributed by atoms with Gasteiger partial charge in [0.15, 0.2) is 0 Å². The van der Waals surface area contributed by atoms with Crippen molar-refractivity contribution in [3.8, 4) is 11.8 Å². The van der Waals surface area contributed by atoms with E-state index in [4.69, 9.17) is 5.11 Å². The first-order valence-electron chi connectivity index (χ1n) is 11.6. The van der Waals surface area contributed by atoms with Crippen molar-refractivity contribution in [1.29, 1.82) is 0 Å². The molecule has 4 aliphatic rings. The van der Waals surface area contributed by atoms with E-state index in [0.29, 0.717) is 30.0 Å². The molecular weight excluding hydrogens is 428 g/mol. The first kappa shape index (κ1) is 21.8. The molecule has 0 amide bonds. The summed E-state index contributed by atoms with van der Waals surface area (Å²) in [6.45, 7) is 6.73. The minimum Gasteiger partial charge on any atom is -0.395 e. The molecule has 0 aromatic heterocycles. The van der Waals surface area contributed by atoms with E-state index in [1.807, 2.05) is 0 Å². The largest absolute Gasteiger partial charge is 0.395 e. The van der Waals surface area contributed by atoms with Gasteiger partial charge in [-0.2, -0.15) is 0 Å². The molecule has 3 nitrogen and oxygen atoms in total. The number of Topliss-reactive ketones (excluding diaryl/α,β-unsaturated/α-hetero) is 1. The number of rotatable bonds is 2. The lowest BCUT2D eigenvalue weighted by molar-refractivity contribution is -0.142. The van der Waals surface area contributed by atoms with Gasteiger partial charge in [0.2, 0.25) is 0 Å². The van der Waals surface area contributed by atoms with Gasteiger partial charge in [-0.3, -0.25) is 4.79 Å². The highest BCUT2D eigenvalue weighted by molar-refractivity contribution is 9.09. The number of halogens is 1. The van der Waals surface area contributed by atoms with Gasteiger partial charge in [0.25, 0.3) is 0 Å². The number of aliphatic hydroxyl groups excluding tert-OH is 1. The fourth-order valence-electron chi connectivity index (χ4n) is 8.32. The summed E-state index contributed by atoms with van der Waals surface area (Å²) < 4.78 is 0. The maximum Gasteiger partial charge on any atom is 0.138 e. The number of aliphatic hydroxyl groups is 2. The Morgan fingerprint density at radius 1 is 1.07 bits per heavy atom. The van der Waals surface area contributed by atoms with E-state index >= 15 is 0 Å². The van der Waals surface area contributed by atoms with Crippen LogP contribution in [0.25, 0.3) is 0 Å². The van der Waals surface area contributed by atoms with Gasteiger partial charge in [0.05, 0.1) is 11.4 Å². The highest BCUT2D eigenvalue weighted by Gasteiger charge is 2.63. The Kier molecular flexibility index (Phi) is 5.76. The second kappa shape index (κ2) is 7.64. The minimum absolute atomic E-state index is 0.0250. The number of carbonyl (C=O) groups is 1. The fourth-order valence-corrected chi connectivity index (χ4v) is 9.31. The Hall–Kier alpha value is -0.370. The van der Waals surface area contributed by atoms with Gasteiger partial charge in [-0.05, 0) is 92.8 Å². The Balaban J connectivity index is 1.58. The molecule has 0 aliphatic heterocycles. The number of hydrogen-bond acceptors (Lipinski definition) is 3. The van der Waals surface area contributed by atoms with Crippen molar-refractivity contribution < 1.29 is 15.0 Å². The van der Waals surface area contributed by atoms with Crippen LogP contribution in [0, 0.1) is 52.3 Å². The summed E-state index contributed by atoms with van der Waals surface area (Å²) in [5, 5.41) is 20.3. The van der Waals surface area contributed by atoms with Gasteiger partial charge in [0, 0.05) is 12.3 Å². The van der Waals surface area contributed by atoms with Crippen LogP contribution in [-0.2, 0) is 4.79 Å². The highest BCUT2D eigenvalue weighted by Crippen LogP contribution is 2.68. The van der Waals surface area contributed by atoms with Gasteiger partial charge >= 0.3 is 0 Å². The number of fused-ring (bicyclic) bond motifs is 5. The zero-order valence-corrected chi connectivity index (χ0v) is 19.8. The number of carbonyl (C=O) groups excluding carboxylic acids is 1. The summed E-state index contributed by atoms with van der Waals surface area (Å²) in [5.74, 6) is 9.35. The van der Waals surface area contributed by atoms with Gasteiger partial charge in [-0.1, -0.05) is 41.6 Å². The lowest BCUT2D eigenvalue weighted by Gasteiger charge is -2.62. The van der Waals surface area contributed by atoms with E-state index in [1.165, 1.54) is 32.1 Å². The smallest absolute Gasteiger partial charge is 0.138 e. The molecular formula is C25H37BrO3. The summed E-state index contributed by atoms with van der Waals surface area (Å²) in [6.07, 6.45) is 9.23. The third kappa shape index (κ3) is 3.35. The molecule has 0 bridgehead atoms. The summed E-state index contributed by atoms with van der Waals surface area (Å²) >= 11 is 3.81. The summed E-state index contributed by atoms with van der Waals surface area (Å²) in [6, 6.07) is 0. The van der Waals surface area contributed by atoms with Crippen molar-refractivity contribution in [1.82, 2.24) is 0 Å². The van der Waals surface area contributed by atoms with E-state index < -0.39 is 5.60 Å². The molecule has 4 saturated carbocycles. The van der Waals surface area contributed by atoms with Gasteiger partial charge in [-0.25, -0.2) is 0 Å². The van der Waals surface area contributed by atoms with E-state index in [-0.39, 0.29) is 28.2 Å². The molecule has 0 heterocycles. The van der Waals surface area contributed by atoms with Gasteiger partial charge in [0.1, 0.15) is 11.4 Å². The molecule has 4 heteroatoms. The topological polar surface area (TPSA) is 57.5 Å². The highest BCUT2D eigenvalue weighted by atomic mass is 79.9. The lowest BCUT2D eigenvalue weighted by Crippen LogP contribution is -2.59. The molecule has 0 spiro atoms. The monoisotopic (exact) mass is 464 g/mol. The SMILES string of the molecule is CC(=O)[C@H]1CC[C@H]2[C@@H]3CC[C@@H]4C[C@@](O)(C#CCCO)C(Br)C[C@]4(C)[C@H]3CC[C@]12C. The first-order chi connectivity index (χ1) is 13.7. The van der Waals surface area contributed by atoms with Crippen LogP contribution < -0.4 is 0 Å². The molecule has 0 aromatic carbocycles. The molecule has 0 saturated heterocycles. The third-order valence-corrected chi connectivity index (χ3v) is 10.9. The predicted molar refractivity (Wildman–Crippen MR) is 118 cm³/mol. The van der Waals surface area contributed by atoms with E-state index in [1.54, 1.807) is 6.92 Å². The maximum atomic E-state index is 12.3. The van der Waals surface area contributed by atoms with Crippen molar-refractivity contribution in [2.75, 3.05) is 6.61 Å². The van der Waals surface area contributed by atoms with Gasteiger partial charge < -0.3 is 10.2 Å². The van der Waals surface area contributed by atoms with Crippen LogP contribution in [0.2, 0.25) is 0 Å². The molecule has 0 aromatic rings. The second-order valence-corrected chi connectivity index (χ2v) is 12.1. The molecule has 4 fully saturated rings. The molecule has 9 atom stereocenters. The number of ketones is 1. The van der Waals surface area contributed by atoms with Crippen LogP contribution in [0.3, 0.4) is 0 Å². The van der Waals surface area contributed by atoms with E-state index in [9.17, 15) is 9.90 Å². The molecule has 1 unspecified atom stereocenters. The zero-order chi connectivity index (χ0) is 21.0. The van der Waals surface area contributed by atoms with Crippen molar-refractivity contribution in [2.45, 2.75) is 89.0 Å². The molecule has 162 valence electrons. The Labute approximate surface area is 184 Å². The Morgan fingerprint density at radius 2 is 1.79 bits per heavy atom. The van der Waals surface area contributed by atoms with Crippen LogP contribution in [0.4, 0.5) is 0 Å². The van der Waals surface area contributed by atoms with Crippen LogP contribution in [-0.4, -0.2) is 33.0 Å². The third-order valence-electron chi connectivity index (χ3n) is 9.79. The minimum atomic E-state index is -0.984. The van der Waals surface area contributed by atoms with Crippen LogP contribution in [0.1, 0.15) is 78.6 Å². The lowest BCUT2D eigenvalue weighted by atomic mass is 9.44. The van der Waals surface area contributed by atoms with Crippen molar-refractivity contribution in [3.63, 3.8) is 0 Å². The van der Waals surface area contributed by atoms with Gasteiger partial charge in [-0.15, -0.1) is 0 Å². The first-order valence-corrected chi connectivity index (χ1v) is 12.5. The molecule has 4 rings (SSSR count). The molecule has 2 N–H and O–H groups in total. The van der Waals surface area contributed by atoms with Crippen LogP contribution >= 0.6 is 15.9 Å². The molecule has 29 heavy (non-hydrogen) atoms. The standard InChI is InChI=1S/C25H37BrO3/c1-16(28)19-8-9-20-18-7-6-17-14-25(29,11-4-5-13-27)22(26)15-24(17,3)21(18)10-12-23(19,20)2/h17-22,27,29H,5-10,12-15H2,1-3H3/t17-,18+,19-,20+,21+,22?,23-,24+,25+/m1/s1. The van der Waals surface area contributed by atoms with Crippen LogP contribution in [0.5, 0.6) is 0 Å². The summed E-state index contributed by atoms with van der Waals surface area (Å²) in [4.78, 5) is 12.3. The second-order valence-electron chi connectivity index (χ2n) is 11.0. The molecule has 0 radical (unpaired) electrons. The number of hydrogen-bond donors (Lipinski definition) is 2. The predicted octanol–water partition coefficient (Wildman–Crippen LogP) is 4.72. The summed E-state index contributed by atoms with van der Waals surface area (Å²) in [7, 11) is 0. The van der Waals surface area contributed by atoms with Crippen molar-refractivity contribution in [3.05, 3.63) is 0 Å². The van der Waals surface area contributed by atoms with Crippen molar-refractivity contribution in [2.24, 2.45) is 40.4 Å². The number of alkyl halides is 1. The van der Waals surface area contributed by atoms with E-state index in [2.05, 4.69) is 41.6 Å². The molecule has 4 aliphatic carbocycles.